The molecule has 1 fully saturated rings. The van der Waals surface area contributed by atoms with Crippen molar-refractivity contribution in [3.05, 3.63) is 52.4 Å². The lowest BCUT2D eigenvalue weighted by Crippen LogP contribution is -2.45. The number of likely N-dealkylation sites (tertiary alicyclic amines) is 1. The fraction of sp³-hybridized carbons (Fsp3) is 0.294. The van der Waals surface area contributed by atoms with Crippen molar-refractivity contribution >= 4 is 45.8 Å². The topological polar surface area (TPSA) is 88.6 Å². The molecule has 1 aromatic carbocycles. The van der Waals surface area contributed by atoms with Crippen LogP contribution in [0.2, 0.25) is 0 Å². The molecular formula is C17H19BrClN3O3. The van der Waals surface area contributed by atoms with E-state index in [9.17, 15) is 9.59 Å². The summed E-state index contributed by atoms with van der Waals surface area (Å²) in [5.74, 6) is -0.163. The summed E-state index contributed by atoms with van der Waals surface area (Å²) in [7, 11) is 0. The normalized spacial score (nSPS) is 16.9. The molecule has 25 heavy (non-hydrogen) atoms. The molecule has 2 aromatic rings. The van der Waals surface area contributed by atoms with Gasteiger partial charge in [0.2, 0.25) is 0 Å². The molecule has 134 valence electrons. The van der Waals surface area contributed by atoms with Crippen LogP contribution in [0.5, 0.6) is 0 Å². The third-order valence-electron chi connectivity index (χ3n) is 3.93. The van der Waals surface area contributed by atoms with Crippen molar-refractivity contribution in [1.29, 1.82) is 0 Å². The molecule has 1 aliphatic heterocycles. The minimum Gasteiger partial charge on any atom is -0.444 e. The van der Waals surface area contributed by atoms with Gasteiger partial charge in [-0.3, -0.25) is 9.59 Å². The molecule has 6 nitrogen and oxygen atoms in total. The highest BCUT2D eigenvalue weighted by Crippen LogP contribution is 2.18. The maximum atomic E-state index is 12.5. The highest BCUT2D eigenvalue weighted by Gasteiger charge is 2.22. The molecule has 1 saturated heterocycles. The zero-order chi connectivity index (χ0) is 17.1. The van der Waals surface area contributed by atoms with E-state index in [-0.39, 0.29) is 36.0 Å². The number of amides is 2. The van der Waals surface area contributed by atoms with Gasteiger partial charge < -0.3 is 20.4 Å². The van der Waals surface area contributed by atoms with Gasteiger partial charge in [-0.15, -0.1) is 12.4 Å². The lowest BCUT2D eigenvalue weighted by Gasteiger charge is -2.30. The van der Waals surface area contributed by atoms with E-state index >= 15 is 0 Å². The van der Waals surface area contributed by atoms with E-state index in [0.29, 0.717) is 22.5 Å². The molecule has 0 saturated carbocycles. The van der Waals surface area contributed by atoms with Gasteiger partial charge in [-0.25, -0.2) is 0 Å². The van der Waals surface area contributed by atoms with Crippen molar-refractivity contribution in [2.75, 3.05) is 18.4 Å². The van der Waals surface area contributed by atoms with Crippen LogP contribution in [0.1, 0.15) is 33.8 Å². The van der Waals surface area contributed by atoms with Crippen LogP contribution < -0.4 is 11.1 Å². The lowest BCUT2D eigenvalue weighted by atomic mass is 10.1. The highest BCUT2D eigenvalue weighted by molar-refractivity contribution is 9.10. The van der Waals surface area contributed by atoms with Crippen LogP contribution in [0.25, 0.3) is 0 Å². The van der Waals surface area contributed by atoms with Crippen molar-refractivity contribution in [3.8, 4) is 0 Å². The number of nitrogens with two attached hydrogens (primary N) is 1. The monoisotopic (exact) mass is 427 g/mol. The molecule has 3 rings (SSSR count). The molecule has 1 atom stereocenters. The Kier molecular flexibility index (Phi) is 6.64. The third kappa shape index (κ3) is 4.84. The molecule has 8 heteroatoms. The number of nitrogens with zero attached hydrogens (tertiary/aromatic N) is 1. The van der Waals surface area contributed by atoms with Gasteiger partial charge in [0.15, 0.2) is 10.4 Å². The van der Waals surface area contributed by atoms with E-state index in [1.165, 1.54) is 0 Å². The number of hydrogen-bond donors (Lipinski definition) is 2. The number of rotatable bonds is 3. The number of piperidine rings is 1. The summed E-state index contributed by atoms with van der Waals surface area (Å²) in [5, 5.41) is 2.73. The summed E-state index contributed by atoms with van der Waals surface area (Å²) in [4.78, 5) is 26.3. The minimum absolute atomic E-state index is 0. The Morgan fingerprint density at radius 2 is 1.92 bits per heavy atom. The highest BCUT2D eigenvalue weighted by atomic mass is 79.9. The maximum absolute atomic E-state index is 12.5. The van der Waals surface area contributed by atoms with Gasteiger partial charge in [-0.1, -0.05) is 0 Å². The summed E-state index contributed by atoms with van der Waals surface area (Å²) in [6.45, 7) is 1.32. The predicted octanol–water partition coefficient (Wildman–Crippen LogP) is 3.28. The van der Waals surface area contributed by atoms with Gasteiger partial charge in [-0.2, -0.15) is 0 Å². The summed E-state index contributed by atoms with van der Waals surface area (Å²) < 4.78 is 5.69. The Labute approximate surface area is 160 Å². The second-order valence-corrected chi connectivity index (χ2v) is 6.57. The number of halogens is 2. The first kappa shape index (κ1) is 19.5. The molecule has 0 radical (unpaired) electrons. The van der Waals surface area contributed by atoms with E-state index in [2.05, 4.69) is 21.2 Å². The fourth-order valence-corrected chi connectivity index (χ4v) is 3.01. The maximum Gasteiger partial charge on any atom is 0.291 e. The number of carbonyl (C=O) groups excluding carboxylic acids is 2. The average Bonchev–Trinajstić information content (AvgIpc) is 3.01. The molecule has 0 bridgehead atoms. The van der Waals surface area contributed by atoms with Crippen LogP contribution in [0.15, 0.2) is 45.5 Å². The van der Waals surface area contributed by atoms with E-state index in [0.717, 1.165) is 19.4 Å². The zero-order valence-corrected chi connectivity index (χ0v) is 15.8. The summed E-state index contributed by atoms with van der Waals surface area (Å²) >= 11 is 3.16. The predicted molar refractivity (Wildman–Crippen MR) is 101 cm³/mol. The first-order chi connectivity index (χ1) is 11.5. The van der Waals surface area contributed by atoms with Gasteiger partial charge >= 0.3 is 0 Å². The molecule has 1 aliphatic rings. The third-order valence-corrected chi connectivity index (χ3v) is 4.36. The number of hydrogen-bond acceptors (Lipinski definition) is 4. The molecule has 0 aliphatic carbocycles. The van der Waals surface area contributed by atoms with Crippen molar-refractivity contribution in [1.82, 2.24) is 4.90 Å². The Morgan fingerprint density at radius 3 is 2.52 bits per heavy atom. The van der Waals surface area contributed by atoms with E-state index in [4.69, 9.17) is 10.2 Å². The molecule has 1 unspecified atom stereocenters. The SMILES string of the molecule is Cl.NC1CCCN(C(=O)c2ccc(NC(=O)c3ccc(Br)o3)cc2)C1. The standard InChI is InChI=1S/C17H18BrN3O3.ClH/c18-15-8-7-14(24-15)16(22)20-13-5-3-11(4-6-13)17(23)21-9-1-2-12(19)10-21;/h3-8,12H,1-2,9-10,19H2,(H,20,22);1H. The van der Waals surface area contributed by atoms with Gasteiger partial charge in [0.05, 0.1) is 0 Å². The Balaban J connectivity index is 0.00000225. The Hall–Kier alpha value is -1.83. The largest absolute Gasteiger partial charge is 0.444 e. The Bertz CT molecular complexity index is 748. The van der Waals surface area contributed by atoms with Crippen LogP contribution in [0.3, 0.4) is 0 Å². The van der Waals surface area contributed by atoms with Crippen molar-refractivity contribution in [2.45, 2.75) is 18.9 Å². The van der Waals surface area contributed by atoms with Gasteiger partial charge in [-0.05, 0) is 65.2 Å². The van der Waals surface area contributed by atoms with Gasteiger partial charge in [0.25, 0.3) is 11.8 Å². The van der Waals surface area contributed by atoms with Crippen LogP contribution in [-0.2, 0) is 0 Å². The van der Waals surface area contributed by atoms with Crippen molar-refractivity contribution < 1.29 is 14.0 Å². The van der Waals surface area contributed by atoms with Crippen LogP contribution in [0, 0.1) is 0 Å². The average molecular weight is 429 g/mol. The molecule has 2 heterocycles. The van der Waals surface area contributed by atoms with Crippen LogP contribution in [0.4, 0.5) is 5.69 Å². The number of carbonyl (C=O) groups is 2. The second kappa shape index (κ2) is 8.51. The quantitative estimate of drug-likeness (QED) is 0.785. The fourth-order valence-electron chi connectivity index (χ4n) is 2.70. The van der Waals surface area contributed by atoms with Crippen molar-refractivity contribution in [3.63, 3.8) is 0 Å². The van der Waals surface area contributed by atoms with E-state index in [1.807, 2.05) is 0 Å². The smallest absolute Gasteiger partial charge is 0.291 e. The minimum atomic E-state index is -0.346. The molecular weight excluding hydrogens is 410 g/mol. The summed E-state index contributed by atoms with van der Waals surface area (Å²) in [6, 6.07) is 10.1. The van der Waals surface area contributed by atoms with Gasteiger partial charge in [0, 0.05) is 30.4 Å². The van der Waals surface area contributed by atoms with E-state index in [1.54, 1.807) is 41.3 Å². The second-order valence-electron chi connectivity index (χ2n) is 5.79. The van der Waals surface area contributed by atoms with Crippen LogP contribution >= 0.6 is 28.3 Å². The summed E-state index contributed by atoms with van der Waals surface area (Å²) in [6.07, 6.45) is 1.89. The van der Waals surface area contributed by atoms with Crippen LogP contribution in [-0.4, -0.2) is 35.8 Å². The van der Waals surface area contributed by atoms with E-state index < -0.39 is 0 Å². The Morgan fingerprint density at radius 1 is 1.20 bits per heavy atom. The lowest BCUT2D eigenvalue weighted by molar-refractivity contribution is 0.0708. The number of anilines is 1. The van der Waals surface area contributed by atoms with Crippen molar-refractivity contribution in [2.24, 2.45) is 5.73 Å². The molecule has 0 spiro atoms. The molecule has 3 N–H and O–H groups in total. The number of nitrogens with one attached hydrogen (secondary N) is 1. The molecule has 2 amide bonds. The molecule has 1 aromatic heterocycles. The first-order valence-corrected chi connectivity index (χ1v) is 8.54. The number of furan rings is 1. The van der Waals surface area contributed by atoms with Gasteiger partial charge in [0.1, 0.15) is 0 Å². The summed E-state index contributed by atoms with van der Waals surface area (Å²) in [5.41, 5.74) is 7.11. The number of benzene rings is 1. The zero-order valence-electron chi connectivity index (χ0n) is 13.4. The first-order valence-electron chi connectivity index (χ1n) is 7.74.